The Balaban J connectivity index is 1.70. The molecule has 1 aromatic heterocycles. The molecule has 1 aliphatic carbocycles. The average Bonchev–Trinajstić information content (AvgIpc) is 3.22. The molecule has 0 amide bonds. The Morgan fingerprint density at radius 2 is 1.95 bits per heavy atom. The van der Waals surface area contributed by atoms with Crippen molar-refractivity contribution in [3.05, 3.63) is 51.3 Å². The molecule has 0 bridgehead atoms. The van der Waals surface area contributed by atoms with E-state index in [0.717, 1.165) is 26.2 Å². The first-order chi connectivity index (χ1) is 9.20. The van der Waals surface area contributed by atoms with Crippen LogP contribution in [-0.2, 0) is 5.75 Å². The van der Waals surface area contributed by atoms with Crippen LogP contribution in [-0.4, -0.2) is 9.97 Å². The number of thioether (sulfide) groups is 1. The van der Waals surface area contributed by atoms with Gasteiger partial charge in [0, 0.05) is 22.8 Å². The summed E-state index contributed by atoms with van der Waals surface area (Å²) in [5.41, 5.74) is 1.25. The summed E-state index contributed by atoms with van der Waals surface area (Å²) in [5.74, 6) is 2.45. The lowest BCUT2D eigenvalue weighted by molar-refractivity contribution is 0.866. The van der Waals surface area contributed by atoms with E-state index in [4.69, 9.17) is 11.6 Å². The van der Waals surface area contributed by atoms with Crippen LogP contribution in [0.5, 0.6) is 0 Å². The van der Waals surface area contributed by atoms with Crippen LogP contribution in [0.4, 0.5) is 0 Å². The lowest BCUT2D eigenvalue weighted by atomic mass is 10.2. The van der Waals surface area contributed by atoms with Crippen LogP contribution in [0.1, 0.15) is 30.1 Å². The summed E-state index contributed by atoms with van der Waals surface area (Å²) in [7, 11) is 0. The first-order valence-electron chi connectivity index (χ1n) is 6.12. The monoisotopic (exact) mass is 354 g/mol. The van der Waals surface area contributed by atoms with E-state index in [2.05, 4.69) is 25.9 Å². The highest BCUT2D eigenvalue weighted by Gasteiger charge is 2.27. The van der Waals surface area contributed by atoms with Crippen LogP contribution in [0.2, 0.25) is 5.02 Å². The second-order valence-corrected chi connectivity index (χ2v) is 6.82. The number of aromatic nitrogens is 2. The summed E-state index contributed by atoms with van der Waals surface area (Å²) in [4.78, 5) is 9.06. The maximum Gasteiger partial charge on any atom is 0.134 e. The van der Waals surface area contributed by atoms with Crippen molar-refractivity contribution >= 4 is 39.3 Å². The van der Waals surface area contributed by atoms with Gasteiger partial charge in [-0.1, -0.05) is 23.7 Å². The molecule has 3 rings (SSSR count). The van der Waals surface area contributed by atoms with Gasteiger partial charge in [-0.2, -0.15) is 0 Å². The third kappa shape index (κ3) is 3.71. The fraction of sp³-hybridized carbons (Fsp3) is 0.286. The van der Waals surface area contributed by atoms with Crippen LogP contribution in [0.3, 0.4) is 0 Å². The maximum atomic E-state index is 5.88. The van der Waals surface area contributed by atoms with Crippen LogP contribution in [0.25, 0.3) is 0 Å². The molecule has 2 aromatic rings. The minimum absolute atomic E-state index is 0.576. The van der Waals surface area contributed by atoms with E-state index in [1.807, 2.05) is 30.3 Å². The zero-order valence-corrected chi connectivity index (χ0v) is 13.3. The molecule has 0 atom stereocenters. The fourth-order valence-corrected chi connectivity index (χ4v) is 3.29. The van der Waals surface area contributed by atoms with Gasteiger partial charge >= 0.3 is 0 Å². The van der Waals surface area contributed by atoms with Crippen molar-refractivity contribution in [2.75, 3.05) is 0 Å². The minimum Gasteiger partial charge on any atom is -0.226 e. The smallest absolute Gasteiger partial charge is 0.134 e. The lowest BCUT2D eigenvalue weighted by Gasteiger charge is -2.04. The number of halogens is 2. The van der Waals surface area contributed by atoms with Gasteiger partial charge in [0.15, 0.2) is 0 Å². The first-order valence-corrected chi connectivity index (χ1v) is 8.28. The minimum atomic E-state index is 0.576. The summed E-state index contributed by atoms with van der Waals surface area (Å²) < 4.78 is 0.878. The summed E-state index contributed by atoms with van der Waals surface area (Å²) >= 11 is 11.1. The molecule has 1 heterocycles. The van der Waals surface area contributed by atoms with E-state index in [-0.39, 0.29) is 0 Å². The Kier molecular flexibility index (Phi) is 4.10. The number of benzene rings is 1. The van der Waals surface area contributed by atoms with Gasteiger partial charge in [-0.15, -0.1) is 11.8 Å². The highest BCUT2D eigenvalue weighted by Crippen LogP contribution is 2.39. The van der Waals surface area contributed by atoms with E-state index < -0.39 is 0 Å². The molecule has 0 unspecified atom stereocenters. The normalized spacial score (nSPS) is 14.6. The fourth-order valence-electron chi connectivity index (χ4n) is 1.75. The van der Waals surface area contributed by atoms with E-state index in [1.54, 1.807) is 11.8 Å². The van der Waals surface area contributed by atoms with E-state index in [9.17, 15) is 0 Å². The Hall–Kier alpha value is -0.580. The predicted octanol–water partition coefficient (Wildman–Crippen LogP) is 5.06. The van der Waals surface area contributed by atoms with Gasteiger partial charge in [-0.3, -0.25) is 0 Å². The number of rotatable bonds is 4. The van der Waals surface area contributed by atoms with Crippen molar-refractivity contribution in [3.8, 4) is 0 Å². The summed E-state index contributed by atoms with van der Waals surface area (Å²) in [6, 6.07) is 9.92. The molecule has 1 saturated carbocycles. The molecule has 1 fully saturated rings. The number of hydrogen-bond acceptors (Lipinski definition) is 3. The highest BCUT2D eigenvalue weighted by molar-refractivity contribution is 9.10. The van der Waals surface area contributed by atoms with Gasteiger partial charge in [0.25, 0.3) is 0 Å². The molecule has 0 radical (unpaired) electrons. The third-order valence-corrected chi connectivity index (χ3v) is 4.57. The van der Waals surface area contributed by atoms with Gasteiger partial charge in [-0.05, 0) is 46.5 Å². The molecule has 19 heavy (non-hydrogen) atoms. The van der Waals surface area contributed by atoms with Gasteiger partial charge < -0.3 is 0 Å². The van der Waals surface area contributed by atoms with Crippen molar-refractivity contribution < 1.29 is 0 Å². The van der Waals surface area contributed by atoms with Crippen LogP contribution in [0.15, 0.2) is 40.0 Å². The molecule has 1 aromatic carbocycles. The Labute approximate surface area is 130 Å². The molecule has 0 aliphatic heterocycles. The molecule has 2 nitrogen and oxygen atoms in total. The lowest BCUT2D eigenvalue weighted by Crippen LogP contribution is -1.95. The first kappa shape index (κ1) is 13.4. The van der Waals surface area contributed by atoms with Gasteiger partial charge in [0.1, 0.15) is 15.5 Å². The highest BCUT2D eigenvalue weighted by atomic mass is 79.9. The average molecular weight is 356 g/mol. The molecule has 1 aliphatic rings. The van der Waals surface area contributed by atoms with Crippen molar-refractivity contribution in [2.24, 2.45) is 0 Å². The summed E-state index contributed by atoms with van der Waals surface area (Å²) in [6.45, 7) is 0. The number of hydrogen-bond donors (Lipinski definition) is 0. The van der Waals surface area contributed by atoms with E-state index in [1.165, 1.54) is 18.4 Å². The van der Waals surface area contributed by atoms with Gasteiger partial charge in [0.2, 0.25) is 0 Å². The van der Waals surface area contributed by atoms with Crippen molar-refractivity contribution in [1.29, 1.82) is 0 Å². The second kappa shape index (κ2) is 5.81. The molecular weight excluding hydrogens is 344 g/mol. The molecule has 0 spiro atoms. The third-order valence-electron chi connectivity index (χ3n) is 2.93. The molecule has 0 N–H and O–H groups in total. The second-order valence-electron chi connectivity index (χ2n) is 4.58. The van der Waals surface area contributed by atoms with Gasteiger partial charge in [0.05, 0.1) is 0 Å². The molecule has 0 saturated heterocycles. The standard InChI is InChI=1S/C14H12BrClN2S/c15-12-7-13(18-14(17-12)10-3-4-10)19-8-9-1-5-11(16)6-2-9/h1-2,5-7,10H,3-4,8H2. The largest absolute Gasteiger partial charge is 0.226 e. The molecular formula is C14H12BrClN2S. The SMILES string of the molecule is Clc1ccc(CSc2cc(Br)nc(C3CC3)n2)cc1. The number of nitrogens with zero attached hydrogens (tertiary/aromatic N) is 2. The van der Waals surface area contributed by atoms with Crippen LogP contribution < -0.4 is 0 Å². The summed E-state index contributed by atoms with van der Waals surface area (Å²) in [6.07, 6.45) is 2.44. The van der Waals surface area contributed by atoms with Crippen molar-refractivity contribution in [1.82, 2.24) is 9.97 Å². The topological polar surface area (TPSA) is 25.8 Å². The van der Waals surface area contributed by atoms with Crippen molar-refractivity contribution in [3.63, 3.8) is 0 Å². The molecule has 98 valence electrons. The quantitative estimate of drug-likeness (QED) is 0.566. The Morgan fingerprint density at radius 1 is 1.21 bits per heavy atom. The predicted molar refractivity (Wildman–Crippen MR) is 82.7 cm³/mol. The van der Waals surface area contributed by atoms with E-state index in [0.29, 0.717) is 5.92 Å². The van der Waals surface area contributed by atoms with Crippen LogP contribution >= 0.6 is 39.3 Å². The molecule has 5 heteroatoms. The van der Waals surface area contributed by atoms with Crippen molar-refractivity contribution in [2.45, 2.75) is 29.5 Å². The van der Waals surface area contributed by atoms with Gasteiger partial charge in [-0.25, -0.2) is 9.97 Å². The zero-order chi connectivity index (χ0) is 13.2. The summed E-state index contributed by atoms with van der Waals surface area (Å²) in [5, 5.41) is 1.80. The Bertz CT molecular complexity index is 584. The van der Waals surface area contributed by atoms with Crippen LogP contribution in [0, 0.1) is 0 Å². The Morgan fingerprint density at radius 3 is 2.63 bits per heavy atom. The van der Waals surface area contributed by atoms with E-state index >= 15 is 0 Å². The zero-order valence-electron chi connectivity index (χ0n) is 10.1. The maximum absolute atomic E-state index is 5.88.